The molecule has 1 fully saturated rings. The summed E-state index contributed by atoms with van der Waals surface area (Å²) in [4.78, 5) is 26.8. The van der Waals surface area contributed by atoms with Crippen LogP contribution in [0, 0.1) is 5.92 Å². The van der Waals surface area contributed by atoms with E-state index in [4.69, 9.17) is 0 Å². The summed E-state index contributed by atoms with van der Waals surface area (Å²) < 4.78 is 2.92. The Morgan fingerprint density at radius 3 is 2.81 bits per heavy atom. The van der Waals surface area contributed by atoms with E-state index in [-0.39, 0.29) is 24.2 Å². The van der Waals surface area contributed by atoms with E-state index in [9.17, 15) is 9.59 Å². The molecule has 0 radical (unpaired) electrons. The molecule has 2 aromatic carbocycles. The summed E-state index contributed by atoms with van der Waals surface area (Å²) in [5, 5.41) is 4.00. The summed E-state index contributed by atoms with van der Waals surface area (Å²) in [6.07, 6.45) is 2.19. The van der Waals surface area contributed by atoms with Crippen LogP contribution < -0.4 is 10.2 Å². The average Bonchev–Trinajstić information content (AvgIpc) is 3.19. The van der Waals surface area contributed by atoms with Gasteiger partial charge < -0.3 is 14.8 Å². The van der Waals surface area contributed by atoms with Crippen LogP contribution in [0.3, 0.4) is 0 Å². The predicted molar refractivity (Wildman–Crippen MR) is 106 cm³/mol. The van der Waals surface area contributed by atoms with Crippen molar-refractivity contribution in [2.45, 2.75) is 6.42 Å². The van der Waals surface area contributed by atoms with Gasteiger partial charge in [-0.3, -0.25) is 9.59 Å². The number of nitrogens with zero attached hydrogens (tertiary/aromatic N) is 2. The van der Waals surface area contributed by atoms with Crippen LogP contribution in [0.2, 0.25) is 0 Å². The van der Waals surface area contributed by atoms with Crippen molar-refractivity contribution in [3.63, 3.8) is 0 Å². The Balaban J connectivity index is 1.53. The number of benzene rings is 2. The van der Waals surface area contributed by atoms with Crippen molar-refractivity contribution >= 4 is 50.0 Å². The van der Waals surface area contributed by atoms with E-state index >= 15 is 0 Å². The first-order chi connectivity index (χ1) is 12.5. The van der Waals surface area contributed by atoms with Gasteiger partial charge in [-0.1, -0.05) is 28.1 Å². The Morgan fingerprint density at radius 1 is 1.19 bits per heavy atom. The van der Waals surface area contributed by atoms with Crippen LogP contribution in [0.15, 0.2) is 59.2 Å². The number of halogens is 1. The lowest BCUT2D eigenvalue weighted by Crippen LogP contribution is -2.28. The van der Waals surface area contributed by atoms with Gasteiger partial charge >= 0.3 is 0 Å². The molecule has 132 valence electrons. The second-order valence-electron chi connectivity index (χ2n) is 6.54. The van der Waals surface area contributed by atoms with Crippen molar-refractivity contribution < 1.29 is 9.59 Å². The zero-order valence-corrected chi connectivity index (χ0v) is 15.9. The number of anilines is 2. The maximum Gasteiger partial charge on any atom is 0.229 e. The third-order valence-corrected chi connectivity index (χ3v) is 5.29. The highest BCUT2D eigenvalue weighted by molar-refractivity contribution is 9.10. The van der Waals surface area contributed by atoms with Gasteiger partial charge in [0.1, 0.15) is 0 Å². The van der Waals surface area contributed by atoms with Gasteiger partial charge in [0, 0.05) is 47.3 Å². The fourth-order valence-corrected chi connectivity index (χ4v) is 3.81. The Kier molecular flexibility index (Phi) is 4.28. The minimum Gasteiger partial charge on any atom is -0.350 e. The van der Waals surface area contributed by atoms with Gasteiger partial charge in [-0.05, 0) is 36.4 Å². The molecule has 2 heterocycles. The maximum atomic E-state index is 12.7. The van der Waals surface area contributed by atoms with Crippen LogP contribution in [-0.2, 0) is 16.6 Å². The van der Waals surface area contributed by atoms with Crippen molar-refractivity contribution in [3.8, 4) is 0 Å². The van der Waals surface area contributed by atoms with E-state index < -0.39 is 0 Å². The molecule has 1 unspecified atom stereocenters. The number of aryl methyl sites for hydroxylation is 1. The van der Waals surface area contributed by atoms with Crippen LogP contribution in [0.5, 0.6) is 0 Å². The lowest BCUT2D eigenvalue weighted by atomic mass is 10.1. The largest absolute Gasteiger partial charge is 0.350 e. The standard InChI is InChI=1S/C20H18BrN3O2/c1-23-9-8-16-17(6-3-7-18(16)23)22-20(26)13-10-19(25)24(12-13)15-5-2-4-14(21)11-15/h2-9,11,13H,10,12H2,1H3,(H,22,26). The highest BCUT2D eigenvalue weighted by Gasteiger charge is 2.35. The molecule has 6 heteroatoms. The van der Waals surface area contributed by atoms with Crippen molar-refractivity contribution in [1.29, 1.82) is 0 Å². The molecule has 1 aliphatic heterocycles. The summed E-state index contributed by atoms with van der Waals surface area (Å²) in [6, 6.07) is 15.4. The first-order valence-corrected chi connectivity index (χ1v) is 9.23. The number of amides is 2. The summed E-state index contributed by atoms with van der Waals surface area (Å²) in [5.74, 6) is -0.506. The van der Waals surface area contributed by atoms with E-state index in [1.54, 1.807) is 4.90 Å². The summed E-state index contributed by atoms with van der Waals surface area (Å²) in [7, 11) is 1.97. The number of hydrogen-bond donors (Lipinski definition) is 1. The van der Waals surface area contributed by atoms with Crippen molar-refractivity contribution in [2.24, 2.45) is 13.0 Å². The van der Waals surface area contributed by atoms with Gasteiger partial charge in [0.2, 0.25) is 11.8 Å². The first kappa shape index (κ1) is 16.8. The number of nitrogens with one attached hydrogen (secondary N) is 1. The molecule has 26 heavy (non-hydrogen) atoms. The fourth-order valence-electron chi connectivity index (χ4n) is 3.42. The highest BCUT2D eigenvalue weighted by Crippen LogP contribution is 2.29. The minimum atomic E-state index is -0.361. The molecular weight excluding hydrogens is 394 g/mol. The van der Waals surface area contributed by atoms with Crippen molar-refractivity contribution in [2.75, 3.05) is 16.8 Å². The molecule has 0 spiro atoms. The monoisotopic (exact) mass is 411 g/mol. The smallest absolute Gasteiger partial charge is 0.229 e. The lowest BCUT2D eigenvalue weighted by Gasteiger charge is -2.17. The van der Waals surface area contributed by atoms with Crippen LogP contribution in [0.4, 0.5) is 11.4 Å². The van der Waals surface area contributed by atoms with Gasteiger partial charge in [-0.2, -0.15) is 0 Å². The van der Waals surface area contributed by atoms with Gasteiger partial charge in [-0.25, -0.2) is 0 Å². The topological polar surface area (TPSA) is 54.3 Å². The Hall–Kier alpha value is -2.60. The van der Waals surface area contributed by atoms with Crippen molar-refractivity contribution in [3.05, 3.63) is 59.2 Å². The third kappa shape index (κ3) is 3.01. The Labute approximate surface area is 159 Å². The van der Waals surface area contributed by atoms with Gasteiger partial charge in [-0.15, -0.1) is 0 Å². The number of fused-ring (bicyclic) bond motifs is 1. The molecule has 0 saturated carbocycles. The zero-order chi connectivity index (χ0) is 18.3. The zero-order valence-electron chi connectivity index (χ0n) is 14.3. The number of rotatable bonds is 3. The minimum absolute atomic E-state index is 0.0267. The molecule has 1 aliphatic rings. The van der Waals surface area contributed by atoms with Crippen molar-refractivity contribution in [1.82, 2.24) is 4.57 Å². The summed E-state index contributed by atoms with van der Waals surface area (Å²) in [5.41, 5.74) is 2.65. The predicted octanol–water partition coefficient (Wildman–Crippen LogP) is 3.93. The molecule has 1 aromatic heterocycles. The number of aromatic nitrogens is 1. The van der Waals surface area contributed by atoms with Gasteiger partial charge in [0.15, 0.2) is 0 Å². The SMILES string of the molecule is Cn1ccc2c(NC(=O)C3CC(=O)N(c4cccc(Br)c4)C3)cccc21. The van der Waals surface area contributed by atoms with E-state index in [0.717, 1.165) is 26.8 Å². The average molecular weight is 412 g/mol. The molecule has 3 aromatic rings. The van der Waals surface area contributed by atoms with E-state index in [2.05, 4.69) is 21.2 Å². The van der Waals surface area contributed by atoms with Crippen LogP contribution in [0.1, 0.15) is 6.42 Å². The second kappa shape index (κ2) is 6.61. The molecule has 2 amide bonds. The molecular formula is C20H18BrN3O2. The molecule has 0 bridgehead atoms. The lowest BCUT2D eigenvalue weighted by molar-refractivity contribution is -0.122. The molecule has 0 aliphatic carbocycles. The second-order valence-corrected chi connectivity index (χ2v) is 7.46. The maximum absolute atomic E-state index is 12.7. The van der Waals surface area contributed by atoms with E-state index in [0.29, 0.717) is 6.54 Å². The Bertz CT molecular complexity index is 1010. The quantitative estimate of drug-likeness (QED) is 0.709. The highest BCUT2D eigenvalue weighted by atomic mass is 79.9. The number of carbonyl (C=O) groups is 2. The first-order valence-electron chi connectivity index (χ1n) is 8.44. The van der Waals surface area contributed by atoms with Gasteiger partial charge in [0.25, 0.3) is 0 Å². The summed E-state index contributed by atoms with van der Waals surface area (Å²) >= 11 is 3.42. The third-order valence-electron chi connectivity index (χ3n) is 4.80. The summed E-state index contributed by atoms with van der Waals surface area (Å²) in [6.45, 7) is 0.395. The normalized spacial score (nSPS) is 17.1. The van der Waals surface area contributed by atoms with Gasteiger partial charge in [0.05, 0.1) is 11.6 Å². The van der Waals surface area contributed by atoms with Crippen LogP contribution >= 0.6 is 15.9 Å². The van der Waals surface area contributed by atoms with E-state index in [1.807, 2.05) is 66.3 Å². The number of carbonyl (C=O) groups excluding carboxylic acids is 2. The Morgan fingerprint density at radius 2 is 2.00 bits per heavy atom. The number of hydrogen-bond acceptors (Lipinski definition) is 2. The molecule has 5 nitrogen and oxygen atoms in total. The van der Waals surface area contributed by atoms with Crippen LogP contribution in [-0.4, -0.2) is 22.9 Å². The van der Waals surface area contributed by atoms with E-state index in [1.165, 1.54) is 0 Å². The molecule has 1 atom stereocenters. The van der Waals surface area contributed by atoms with Crippen LogP contribution in [0.25, 0.3) is 10.9 Å². The fraction of sp³-hybridized carbons (Fsp3) is 0.200. The molecule has 4 rings (SSSR count). The molecule has 1 saturated heterocycles. The molecule has 1 N–H and O–H groups in total.